The molecule has 0 aliphatic carbocycles. The minimum Gasteiger partial charge on any atom is -0.0991 e. The van der Waals surface area contributed by atoms with Gasteiger partial charge >= 0.3 is 0 Å². The third kappa shape index (κ3) is 10.3. The fraction of sp³-hybridized carbons (Fsp3) is 0.304. The molecule has 0 saturated heterocycles. The fourth-order valence-corrected chi connectivity index (χ4v) is 2.21. The second-order valence-electron chi connectivity index (χ2n) is 6.07. The average Bonchev–Trinajstić information content (AvgIpc) is 2.49. The third-order valence-corrected chi connectivity index (χ3v) is 3.17. The van der Waals surface area contributed by atoms with Crippen molar-refractivity contribution in [1.29, 1.82) is 0 Å². The van der Waals surface area contributed by atoms with E-state index in [0.717, 1.165) is 5.92 Å². The van der Waals surface area contributed by atoms with E-state index in [2.05, 4.69) is 71.2 Å². The zero-order valence-electron chi connectivity index (χ0n) is 15.5. The van der Waals surface area contributed by atoms with E-state index in [9.17, 15) is 0 Å². The van der Waals surface area contributed by atoms with E-state index < -0.39 is 0 Å². The number of aryl methyl sites for hydroxylation is 1. The molecule has 124 valence electrons. The number of hydrogen-bond acceptors (Lipinski definition) is 0. The Morgan fingerprint density at radius 1 is 1.13 bits per heavy atom. The van der Waals surface area contributed by atoms with Crippen LogP contribution in [0.2, 0.25) is 0 Å². The van der Waals surface area contributed by atoms with Crippen LogP contribution < -0.4 is 0 Å². The molecule has 0 saturated carbocycles. The van der Waals surface area contributed by atoms with Gasteiger partial charge in [0.15, 0.2) is 0 Å². The van der Waals surface area contributed by atoms with E-state index in [1.165, 1.54) is 28.7 Å². The molecule has 1 aromatic rings. The number of rotatable bonds is 6. The summed E-state index contributed by atoms with van der Waals surface area (Å²) in [7, 11) is 0. The highest BCUT2D eigenvalue weighted by molar-refractivity contribution is 5.64. The molecule has 0 aliphatic heterocycles. The van der Waals surface area contributed by atoms with Crippen LogP contribution in [0.3, 0.4) is 0 Å². The quantitative estimate of drug-likeness (QED) is 0.480. The van der Waals surface area contributed by atoms with Crippen molar-refractivity contribution in [2.75, 3.05) is 0 Å². The van der Waals surface area contributed by atoms with Crippen LogP contribution in [-0.4, -0.2) is 0 Å². The summed E-state index contributed by atoms with van der Waals surface area (Å²) in [6.07, 6.45) is 15.1. The average molecular weight is 309 g/mol. The predicted molar refractivity (Wildman–Crippen MR) is 109 cm³/mol. The molecule has 0 heterocycles. The molecule has 0 radical (unpaired) electrons. The minimum atomic E-state index is 0.753. The van der Waals surface area contributed by atoms with E-state index in [1.54, 1.807) is 6.08 Å². The molecule has 1 aromatic carbocycles. The molecule has 1 rings (SSSR count). The Labute approximate surface area is 143 Å². The highest BCUT2D eigenvalue weighted by Crippen LogP contribution is 2.14. The highest BCUT2D eigenvalue weighted by atomic mass is 14.0. The largest absolute Gasteiger partial charge is 0.0991 e. The Kier molecular flexibility index (Phi) is 11.3. The second kappa shape index (κ2) is 12.5. The van der Waals surface area contributed by atoms with Crippen molar-refractivity contribution < 1.29 is 0 Å². The molecule has 0 aliphatic rings. The summed E-state index contributed by atoms with van der Waals surface area (Å²) < 4.78 is 0. The molecular weight excluding hydrogens is 276 g/mol. The van der Waals surface area contributed by atoms with Gasteiger partial charge in [0, 0.05) is 0 Å². The number of benzene rings is 1. The Hall–Kier alpha value is -2.08. The normalized spacial score (nSPS) is 11.7. The summed E-state index contributed by atoms with van der Waals surface area (Å²) in [5.74, 6) is 0.753. The summed E-state index contributed by atoms with van der Waals surface area (Å²) in [6, 6.07) is 6.37. The summed E-state index contributed by atoms with van der Waals surface area (Å²) in [5, 5.41) is 0. The third-order valence-electron chi connectivity index (χ3n) is 3.17. The number of allylic oxidation sites excluding steroid dienone is 6. The van der Waals surface area contributed by atoms with Gasteiger partial charge in [-0.2, -0.15) is 0 Å². The highest BCUT2D eigenvalue weighted by Gasteiger charge is 1.94. The first-order valence-corrected chi connectivity index (χ1v) is 8.25. The van der Waals surface area contributed by atoms with Crippen LogP contribution in [0.4, 0.5) is 0 Å². The van der Waals surface area contributed by atoms with Gasteiger partial charge in [0.1, 0.15) is 0 Å². The monoisotopic (exact) mass is 308 g/mol. The summed E-state index contributed by atoms with van der Waals surface area (Å²) in [6.45, 7) is 18.1. The lowest BCUT2D eigenvalue weighted by Gasteiger charge is -2.02. The van der Waals surface area contributed by atoms with Crippen molar-refractivity contribution >= 4 is 12.2 Å². The maximum atomic E-state index is 3.78. The molecule has 0 atom stereocenters. The minimum absolute atomic E-state index is 0.753. The lowest BCUT2D eigenvalue weighted by atomic mass is 10.0. The van der Waals surface area contributed by atoms with Crippen LogP contribution in [0.25, 0.3) is 12.2 Å². The molecule has 0 nitrogen and oxygen atoms in total. The van der Waals surface area contributed by atoms with E-state index in [-0.39, 0.29) is 0 Å². The van der Waals surface area contributed by atoms with Crippen molar-refractivity contribution in [3.8, 4) is 0 Å². The molecule has 0 N–H and O–H groups in total. The van der Waals surface area contributed by atoms with Gasteiger partial charge in [0.05, 0.1) is 0 Å². The van der Waals surface area contributed by atoms with Crippen molar-refractivity contribution in [2.45, 2.75) is 41.0 Å². The summed E-state index contributed by atoms with van der Waals surface area (Å²) in [4.78, 5) is 0. The van der Waals surface area contributed by atoms with E-state index >= 15 is 0 Å². The Balaban J connectivity index is 0.000000423. The van der Waals surface area contributed by atoms with Crippen LogP contribution in [0, 0.1) is 12.8 Å². The maximum absolute atomic E-state index is 3.78. The first-order chi connectivity index (χ1) is 10.9. The standard InChI is InChI=1S/C12H14.C11H18/c1-4-6-12-8-7-10(3)9-11(12)5-2;1-5-6-7-8-11(4)9-10(2)3/h4-9H,2H2,1,3H3;5-8,10H,1,9H2,2-4H3/b6-4-;7-6-,11-8-. The van der Waals surface area contributed by atoms with Gasteiger partial charge in [0.25, 0.3) is 0 Å². The summed E-state index contributed by atoms with van der Waals surface area (Å²) in [5.41, 5.74) is 5.14. The molecule has 0 aromatic heterocycles. The topological polar surface area (TPSA) is 0 Å². The molecule has 0 spiro atoms. The van der Waals surface area contributed by atoms with Crippen LogP contribution >= 0.6 is 0 Å². The van der Waals surface area contributed by atoms with Crippen molar-refractivity contribution in [3.63, 3.8) is 0 Å². The lowest BCUT2D eigenvalue weighted by molar-refractivity contribution is 0.642. The van der Waals surface area contributed by atoms with Crippen LogP contribution in [0.15, 0.2) is 67.3 Å². The zero-order chi connectivity index (χ0) is 17.7. The Morgan fingerprint density at radius 2 is 1.83 bits per heavy atom. The lowest BCUT2D eigenvalue weighted by Crippen LogP contribution is -1.86. The van der Waals surface area contributed by atoms with Gasteiger partial charge in [-0.3, -0.25) is 0 Å². The van der Waals surface area contributed by atoms with Gasteiger partial charge in [0.2, 0.25) is 0 Å². The van der Waals surface area contributed by atoms with E-state index in [4.69, 9.17) is 0 Å². The molecular formula is C23H32. The van der Waals surface area contributed by atoms with Crippen LogP contribution in [0.1, 0.15) is 50.8 Å². The molecule has 0 fully saturated rings. The van der Waals surface area contributed by atoms with Gasteiger partial charge in [-0.05, 0) is 44.2 Å². The Bertz CT molecular complexity index is 566. The summed E-state index contributed by atoms with van der Waals surface area (Å²) >= 11 is 0. The van der Waals surface area contributed by atoms with Crippen molar-refractivity contribution in [3.05, 3.63) is 84.0 Å². The molecule has 0 bridgehead atoms. The van der Waals surface area contributed by atoms with Gasteiger partial charge in [-0.25, -0.2) is 0 Å². The molecule has 0 amide bonds. The zero-order valence-corrected chi connectivity index (χ0v) is 15.5. The van der Waals surface area contributed by atoms with Crippen LogP contribution in [-0.2, 0) is 0 Å². The van der Waals surface area contributed by atoms with E-state index in [0.29, 0.717) is 0 Å². The van der Waals surface area contributed by atoms with Crippen LogP contribution in [0.5, 0.6) is 0 Å². The first kappa shape index (κ1) is 20.9. The SMILES string of the molecule is C=C/C=C\C=C(\C)CC(C)C.C=Cc1cc(C)ccc1/C=C\C. The van der Waals surface area contributed by atoms with Gasteiger partial charge in [-0.15, -0.1) is 0 Å². The van der Waals surface area contributed by atoms with Crippen molar-refractivity contribution in [2.24, 2.45) is 5.92 Å². The van der Waals surface area contributed by atoms with E-state index in [1.807, 2.05) is 31.2 Å². The molecule has 23 heavy (non-hydrogen) atoms. The fourth-order valence-electron chi connectivity index (χ4n) is 2.21. The predicted octanol–water partition coefficient (Wildman–Crippen LogP) is 7.39. The van der Waals surface area contributed by atoms with Gasteiger partial charge < -0.3 is 0 Å². The smallest absolute Gasteiger partial charge is 0.0187 e. The Morgan fingerprint density at radius 3 is 2.35 bits per heavy atom. The molecule has 0 heteroatoms. The second-order valence-corrected chi connectivity index (χ2v) is 6.07. The first-order valence-electron chi connectivity index (χ1n) is 8.25. The number of hydrogen-bond donors (Lipinski definition) is 0. The van der Waals surface area contributed by atoms with Gasteiger partial charge in [-0.1, -0.05) is 98.9 Å². The molecule has 0 unspecified atom stereocenters. The van der Waals surface area contributed by atoms with Crippen molar-refractivity contribution in [1.82, 2.24) is 0 Å². The maximum Gasteiger partial charge on any atom is -0.0187 e.